The third-order valence-electron chi connectivity index (χ3n) is 7.41. The molecule has 3 aliphatic rings. The first-order valence-electron chi connectivity index (χ1n) is 10.3. The second-order valence-electron chi connectivity index (χ2n) is 8.89. The number of phenols is 1. The summed E-state index contributed by atoms with van der Waals surface area (Å²) >= 11 is 0. The summed E-state index contributed by atoms with van der Waals surface area (Å²) < 4.78 is 0. The number of aromatic hydroxyl groups is 1. The second-order valence-corrected chi connectivity index (χ2v) is 8.89. The highest BCUT2D eigenvalue weighted by Gasteiger charge is 2.67. The molecule has 4 rings (SSSR count). The fraction of sp³-hybridized carbons (Fsp3) is 0.727. The van der Waals surface area contributed by atoms with Crippen LogP contribution in [0.2, 0.25) is 0 Å². The minimum atomic E-state index is -0.368. The minimum absolute atomic E-state index is 0.368. The topological polar surface area (TPSA) is 43.7 Å². The lowest BCUT2D eigenvalue weighted by Gasteiger charge is -2.33. The number of piperidine rings is 1. The average molecular weight is 344 g/mol. The first-order chi connectivity index (χ1) is 12.1. The highest BCUT2D eigenvalue weighted by molar-refractivity contribution is 5.39. The van der Waals surface area contributed by atoms with Crippen molar-refractivity contribution >= 4 is 0 Å². The van der Waals surface area contributed by atoms with Gasteiger partial charge in [0.05, 0.1) is 5.60 Å². The van der Waals surface area contributed by atoms with E-state index in [1.54, 1.807) is 6.07 Å². The Kier molecular flexibility index (Phi) is 4.57. The Balaban J connectivity index is 1.30. The predicted molar refractivity (Wildman–Crippen MR) is 101 cm³/mol. The first-order valence-corrected chi connectivity index (χ1v) is 10.3. The zero-order valence-electron chi connectivity index (χ0n) is 15.6. The molecular formula is C22H33NO2. The van der Waals surface area contributed by atoms with E-state index in [0.29, 0.717) is 17.1 Å². The van der Waals surface area contributed by atoms with E-state index >= 15 is 0 Å². The molecule has 0 spiro atoms. The summed E-state index contributed by atoms with van der Waals surface area (Å²) in [6.07, 6.45) is 9.04. The number of hydrogen-bond donors (Lipinski definition) is 2. The molecule has 138 valence electrons. The number of nitrogens with zero attached hydrogens (tertiary/aromatic N) is 1. The summed E-state index contributed by atoms with van der Waals surface area (Å²) in [4.78, 5) is 2.62. The summed E-state index contributed by atoms with van der Waals surface area (Å²) in [5.41, 5.74) is 1.38. The van der Waals surface area contributed by atoms with Crippen molar-refractivity contribution in [2.24, 2.45) is 11.3 Å². The van der Waals surface area contributed by atoms with Gasteiger partial charge in [-0.05, 0) is 73.6 Å². The van der Waals surface area contributed by atoms with Gasteiger partial charge in [0.2, 0.25) is 0 Å². The van der Waals surface area contributed by atoms with E-state index in [2.05, 4.69) is 17.9 Å². The maximum Gasteiger partial charge on any atom is 0.115 e. The summed E-state index contributed by atoms with van der Waals surface area (Å²) in [7, 11) is 0. The van der Waals surface area contributed by atoms with Crippen LogP contribution in [0.1, 0.15) is 69.8 Å². The van der Waals surface area contributed by atoms with Crippen molar-refractivity contribution in [3.05, 3.63) is 29.8 Å². The van der Waals surface area contributed by atoms with Gasteiger partial charge in [0.1, 0.15) is 5.75 Å². The van der Waals surface area contributed by atoms with Crippen LogP contribution >= 0.6 is 0 Å². The van der Waals surface area contributed by atoms with Gasteiger partial charge in [0, 0.05) is 13.1 Å². The van der Waals surface area contributed by atoms with Crippen LogP contribution < -0.4 is 0 Å². The minimum Gasteiger partial charge on any atom is -0.508 e. The van der Waals surface area contributed by atoms with Gasteiger partial charge in [-0.3, -0.25) is 0 Å². The van der Waals surface area contributed by atoms with Crippen molar-refractivity contribution < 1.29 is 10.2 Å². The number of aliphatic hydroxyl groups is 1. The molecule has 1 aromatic carbocycles. The molecule has 1 heterocycles. The fourth-order valence-corrected chi connectivity index (χ4v) is 5.98. The normalized spacial score (nSPS) is 34.0. The molecule has 25 heavy (non-hydrogen) atoms. The molecule has 2 aliphatic carbocycles. The lowest BCUT2D eigenvalue weighted by Crippen LogP contribution is -2.34. The molecule has 2 N–H and O–H groups in total. The van der Waals surface area contributed by atoms with Crippen LogP contribution in [-0.4, -0.2) is 40.3 Å². The van der Waals surface area contributed by atoms with Crippen molar-refractivity contribution in [3.8, 4) is 5.75 Å². The molecule has 2 saturated carbocycles. The number of hydrogen-bond acceptors (Lipinski definition) is 3. The molecule has 3 unspecified atom stereocenters. The maximum atomic E-state index is 10.7. The molecule has 3 atom stereocenters. The van der Waals surface area contributed by atoms with E-state index in [9.17, 15) is 10.2 Å². The van der Waals surface area contributed by atoms with Crippen LogP contribution in [0.25, 0.3) is 0 Å². The fourth-order valence-electron chi connectivity index (χ4n) is 5.98. The van der Waals surface area contributed by atoms with Gasteiger partial charge in [-0.1, -0.05) is 38.3 Å². The standard InChI is InChI=1S/C22H33NO2/c1-2-22-16-23(13-7-12-21(25)10-4-3-5-11-21)15-19(22)20(22)17-8-6-9-18(24)14-17/h6,8-9,14,19-20,24-25H,2-5,7,10-13,15-16H2,1H3. The van der Waals surface area contributed by atoms with E-state index in [-0.39, 0.29) is 5.60 Å². The smallest absolute Gasteiger partial charge is 0.115 e. The predicted octanol–water partition coefficient (Wildman–Crippen LogP) is 4.29. The number of rotatable bonds is 6. The molecule has 3 nitrogen and oxygen atoms in total. The molecule has 1 aliphatic heterocycles. The third-order valence-corrected chi connectivity index (χ3v) is 7.41. The van der Waals surface area contributed by atoms with E-state index < -0.39 is 0 Å². The Morgan fingerprint density at radius 1 is 1.20 bits per heavy atom. The largest absolute Gasteiger partial charge is 0.508 e. The van der Waals surface area contributed by atoms with Gasteiger partial charge >= 0.3 is 0 Å². The van der Waals surface area contributed by atoms with Crippen LogP contribution in [0.4, 0.5) is 0 Å². The van der Waals surface area contributed by atoms with Crippen LogP contribution in [0.5, 0.6) is 5.75 Å². The van der Waals surface area contributed by atoms with Gasteiger partial charge in [0.15, 0.2) is 0 Å². The number of phenolic OH excluding ortho intramolecular Hbond substituents is 1. The Hall–Kier alpha value is -1.06. The Labute approximate surface area is 152 Å². The van der Waals surface area contributed by atoms with E-state index in [1.165, 1.54) is 44.3 Å². The molecule has 0 aromatic heterocycles. The Bertz CT molecular complexity index is 610. The summed E-state index contributed by atoms with van der Waals surface area (Å²) in [6.45, 7) is 5.83. The van der Waals surface area contributed by atoms with Crippen LogP contribution in [0.3, 0.4) is 0 Å². The summed E-state index contributed by atoms with van der Waals surface area (Å²) in [5.74, 6) is 1.77. The zero-order chi connectivity index (χ0) is 17.5. The molecule has 0 bridgehead atoms. The lowest BCUT2D eigenvalue weighted by atomic mass is 9.81. The van der Waals surface area contributed by atoms with Crippen molar-refractivity contribution in [3.63, 3.8) is 0 Å². The van der Waals surface area contributed by atoms with E-state index in [1.807, 2.05) is 12.1 Å². The highest BCUT2D eigenvalue weighted by atomic mass is 16.3. The third kappa shape index (κ3) is 3.21. The van der Waals surface area contributed by atoms with Crippen LogP contribution in [0.15, 0.2) is 24.3 Å². The highest BCUT2D eigenvalue weighted by Crippen LogP contribution is 2.70. The average Bonchev–Trinajstić information content (AvgIpc) is 3.06. The van der Waals surface area contributed by atoms with Gasteiger partial charge in [-0.25, -0.2) is 0 Å². The molecule has 0 amide bonds. The molecule has 1 aromatic rings. The van der Waals surface area contributed by atoms with Crippen LogP contribution in [-0.2, 0) is 0 Å². The SMILES string of the molecule is CCC12CN(CCCC3(O)CCCCC3)CC1C2c1cccc(O)c1. The van der Waals surface area contributed by atoms with Crippen molar-refractivity contribution in [1.29, 1.82) is 0 Å². The van der Waals surface area contributed by atoms with Crippen LogP contribution in [0, 0.1) is 11.3 Å². The van der Waals surface area contributed by atoms with Crippen molar-refractivity contribution in [2.75, 3.05) is 19.6 Å². The summed E-state index contributed by atoms with van der Waals surface area (Å²) in [5, 5.41) is 20.5. The molecule has 3 fully saturated rings. The number of likely N-dealkylation sites (tertiary alicyclic amines) is 1. The van der Waals surface area contributed by atoms with Gasteiger partial charge < -0.3 is 15.1 Å². The first kappa shape index (κ1) is 17.4. The Morgan fingerprint density at radius 3 is 2.68 bits per heavy atom. The maximum absolute atomic E-state index is 10.7. The molecular weight excluding hydrogens is 310 g/mol. The second kappa shape index (κ2) is 6.59. The van der Waals surface area contributed by atoms with Crippen molar-refractivity contribution in [2.45, 2.75) is 69.8 Å². The van der Waals surface area contributed by atoms with Gasteiger partial charge in [-0.15, -0.1) is 0 Å². The lowest BCUT2D eigenvalue weighted by molar-refractivity contribution is -0.00723. The van der Waals surface area contributed by atoms with Gasteiger partial charge in [0.25, 0.3) is 0 Å². The molecule has 3 heteroatoms. The van der Waals surface area contributed by atoms with Gasteiger partial charge in [-0.2, -0.15) is 0 Å². The quantitative estimate of drug-likeness (QED) is 0.810. The van der Waals surface area contributed by atoms with Crippen molar-refractivity contribution in [1.82, 2.24) is 4.90 Å². The Morgan fingerprint density at radius 2 is 2.00 bits per heavy atom. The number of fused-ring (bicyclic) bond motifs is 1. The summed E-state index contributed by atoms with van der Waals surface area (Å²) in [6, 6.07) is 7.89. The molecule has 1 saturated heterocycles. The number of benzene rings is 1. The zero-order valence-corrected chi connectivity index (χ0v) is 15.6. The monoisotopic (exact) mass is 343 g/mol. The van der Waals surface area contributed by atoms with E-state index in [4.69, 9.17) is 0 Å². The van der Waals surface area contributed by atoms with E-state index in [0.717, 1.165) is 38.1 Å². The molecule has 0 radical (unpaired) electrons.